The molecule has 0 aliphatic rings. The van der Waals surface area contributed by atoms with Gasteiger partial charge >= 0.3 is 17.9 Å². The van der Waals surface area contributed by atoms with E-state index in [1.807, 2.05) is 0 Å². The summed E-state index contributed by atoms with van der Waals surface area (Å²) in [6.07, 6.45) is -18.0. The summed E-state index contributed by atoms with van der Waals surface area (Å²) in [7, 11) is 0. The van der Waals surface area contributed by atoms with E-state index in [0.717, 1.165) is 6.92 Å². The minimum atomic E-state index is -2.30. The number of nitrogens with two attached hydrogens (primary N) is 1. The minimum absolute atomic E-state index is 0.0223. The van der Waals surface area contributed by atoms with Gasteiger partial charge in [-0.3, -0.25) is 48.1 Å². The largest absolute Gasteiger partial charge is 0.481 e. The number of aromatic nitrogens is 4. The van der Waals surface area contributed by atoms with E-state index in [4.69, 9.17) is 10.8 Å². The highest BCUT2D eigenvalue weighted by Crippen LogP contribution is 2.16. The Balaban J connectivity index is 1.75. The summed E-state index contributed by atoms with van der Waals surface area (Å²) in [5, 5.41) is 124. The lowest BCUT2D eigenvalue weighted by atomic mass is 9.96. The summed E-state index contributed by atoms with van der Waals surface area (Å²) in [6.45, 7) is -1.19. The Morgan fingerprint density at radius 1 is 0.632 bits per heavy atom. The van der Waals surface area contributed by atoms with Gasteiger partial charge in [0.25, 0.3) is 11.5 Å². The van der Waals surface area contributed by atoms with E-state index in [1.165, 1.54) is 30.5 Å². The van der Waals surface area contributed by atoms with Crippen LogP contribution in [-0.4, -0.2) is 209 Å². The van der Waals surface area contributed by atoms with Crippen molar-refractivity contribution >= 4 is 76.0 Å². The number of aromatic amines is 1. The lowest BCUT2D eigenvalue weighted by Crippen LogP contribution is -2.59. The van der Waals surface area contributed by atoms with Gasteiger partial charge in [-0.15, -0.1) is 0 Å². The molecule has 0 bridgehead atoms. The monoisotopic (exact) mass is 1080 g/mol. The van der Waals surface area contributed by atoms with Crippen molar-refractivity contribution in [1.29, 1.82) is 0 Å². The number of aliphatic hydroxyl groups is 8. The van der Waals surface area contributed by atoms with Gasteiger partial charge in [0.15, 0.2) is 16.9 Å². The lowest BCUT2D eigenvalue weighted by molar-refractivity contribution is -0.140. The summed E-state index contributed by atoms with van der Waals surface area (Å²) in [5.74, 6) is -11.1. The molecule has 2 heterocycles. The van der Waals surface area contributed by atoms with Gasteiger partial charge < -0.3 is 93.8 Å². The summed E-state index contributed by atoms with van der Waals surface area (Å²) in [6, 6.07) is -3.33. The number of Topliss-reactive ketones (excluding diaryl/α,β-unsaturated/α-hetero) is 1. The fraction of sp³-hybridized carbons (Fsp3) is 0.523. The standard InChI is InChI=1S/C44H61N11O21/c1-18(58)22(7-10-32(64)65)49-30(62)13-26(36(69)38(71)28(60)17-57)53-41(73)23(8-11-33(66)67)50-31(63)12-25(35(68)37(70)27(59)16-56)51-29(61)9-6-24(43(75)76)52-40(72)19-2-4-20(5-3-19)46-14-21-15-47-39-34(48-21)42(74)55-44(45)54-39/h2-5,15,22-28,35-38,46,56-57,59-60,68-71H,6-14,16-17H2,1H3,(H,49,62)(H,50,63)(H,51,61)(H,52,72)(H,53,73)(H,64,65)(H,66,67)(H,75,76)(H3,45,47,54,55,74)/t22-,23-,24-,25+,26+,27+,28+,35+,36+,37+,38+/m0/s1. The molecule has 0 saturated heterocycles. The molecule has 3 rings (SSSR count). The molecular weight excluding hydrogens is 1020 g/mol. The molecule has 20 N–H and O–H groups in total. The van der Waals surface area contributed by atoms with Crippen LogP contribution in [0, 0.1) is 0 Å². The first-order chi connectivity index (χ1) is 35.7. The molecule has 2 aromatic heterocycles. The van der Waals surface area contributed by atoms with Gasteiger partial charge in [-0.2, -0.15) is 4.98 Å². The Morgan fingerprint density at radius 2 is 1.14 bits per heavy atom. The summed E-state index contributed by atoms with van der Waals surface area (Å²) < 4.78 is 0. The van der Waals surface area contributed by atoms with Gasteiger partial charge in [0, 0.05) is 43.4 Å². The Labute approximate surface area is 429 Å². The number of carboxylic acids is 3. The van der Waals surface area contributed by atoms with Crippen molar-refractivity contribution in [3.05, 3.63) is 52.1 Å². The number of carbonyl (C=O) groups excluding carboxylic acids is 6. The number of rotatable bonds is 33. The topological polar surface area (TPSA) is 546 Å². The third kappa shape index (κ3) is 19.8. The van der Waals surface area contributed by atoms with Crippen LogP contribution in [0.3, 0.4) is 0 Å². The van der Waals surface area contributed by atoms with Crippen LogP contribution in [-0.2, 0) is 44.9 Å². The number of amides is 5. The van der Waals surface area contributed by atoms with Gasteiger partial charge in [0.2, 0.25) is 29.6 Å². The average Bonchev–Trinajstić information content (AvgIpc) is 3.37. The second kappa shape index (κ2) is 29.9. The molecule has 0 fully saturated rings. The summed E-state index contributed by atoms with van der Waals surface area (Å²) in [4.78, 5) is 140. The van der Waals surface area contributed by atoms with Gasteiger partial charge in [0.1, 0.15) is 48.7 Å². The SMILES string of the molecule is CC(=O)[C@H](CCC(=O)O)NC(=O)C[C@@H](NC(=O)[C@H](CCC(=O)O)NC(=O)C[C@@H](NC(=O)CC[C@H](NC(=O)c1ccc(NCc2cnc3nc(N)[nH]c(=O)c3n2)cc1)C(=O)O)[C@@H](O)[C@H](O)[C@H](O)CO)[C@@H](O)[C@H](O)[C@H](O)CO. The first-order valence-electron chi connectivity index (χ1n) is 23.1. The normalized spacial score (nSPS) is 15.6. The van der Waals surface area contributed by atoms with E-state index in [2.05, 4.69) is 51.8 Å². The van der Waals surface area contributed by atoms with Crippen LogP contribution in [0.1, 0.15) is 74.3 Å². The number of H-pyrrole nitrogens is 1. The second-order valence-corrected chi connectivity index (χ2v) is 17.2. The predicted molar refractivity (Wildman–Crippen MR) is 256 cm³/mol. The molecule has 32 heteroatoms. The molecule has 11 atom stereocenters. The van der Waals surface area contributed by atoms with Crippen molar-refractivity contribution in [3.8, 4) is 0 Å². The van der Waals surface area contributed by atoms with Crippen LogP contribution >= 0.6 is 0 Å². The number of nitrogens with one attached hydrogen (secondary N) is 7. The molecule has 5 amide bonds. The van der Waals surface area contributed by atoms with Crippen LogP contribution in [0.5, 0.6) is 0 Å². The minimum Gasteiger partial charge on any atom is -0.481 e. The predicted octanol–water partition coefficient (Wildman–Crippen LogP) is -6.94. The molecule has 418 valence electrons. The molecule has 0 aliphatic heterocycles. The lowest BCUT2D eigenvalue weighted by Gasteiger charge is -2.31. The Morgan fingerprint density at radius 3 is 1.66 bits per heavy atom. The van der Waals surface area contributed by atoms with Gasteiger partial charge in [-0.1, -0.05) is 0 Å². The van der Waals surface area contributed by atoms with Gasteiger partial charge in [-0.05, 0) is 50.5 Å². The van der Waals surface area contributed by atoms with Crippen molar-refractivity contribution in [3.63, 3.8) is 0 Å². The van der Waals surface area contributed by atoms with Gasteiger partial charge in [-0.25, -0.2) is 14.8 Å². The van der Waals surface area contributed by atoms with Crippen LogP contribution in [0.15, 0.2) is 35.3 Å². The highest BCUT2D eigenvalue weighted by Gasteiger charge is 2.38. The third-order valence-electron chi connectivity index (χ3n) is 11.3. The number of benzene rings is 1. The molecule has 0 spiro atoms. The van der Waals surface area contributed by atoms with E-state index in [1.54, 1.807) is 0 Å². The number of hydrogen-bond donors (Lipinski definition) is 19. The molecule has 0 saturated carbocycles. The molecule has 0 unspecified atom stereocenters. The van der Waals surface area contributed by atoms with Crippen LogP contribution < -0.4 is 43.2 Å². The zero-order chi connectivity index (χ0) is 57.0. The number of fused-ring (bicyclic) bond motifs is 1. The molecule has 3 aromatic rings. The van der Waals surface area contributed by atoms with E-state index < -0.39 is 184 Å². The summed E-state index contributed by atoms with van der Waals surface area (Å²) in [5.41, 5.74) is 5.69. The number of nitrogen functional groups attached to an aromatic ring is 1. The molecule has 1 aromatic carbocycles. The van der Waals surface area contributed by atoms with E-state index in [9.17, 15) is 99.0 Å². The molecule has 32 nitrogen and oxygen atoms in total. The van der Waals surface area contributed by atoms with E-state index in [-0.39, 0.29) is 35.6 Å². The number of carbonyl (C=O) groups is 9. The van der Waals surface area contributed by atoms with Crippen molar-refractivity contribution in [2.75, 3.05) is 24.3 Å². The molecular formula is C44H61N11O21. The fourth-order valence-electron chi connectivity index (χ4n) is 7.07. The average molecular weight is 1080 g/mol. The van der Waals surface area contributed by atoms with Crippen LogP contribution in [0.4, 0.5) is 11.6 Å². The quantitative estimate of drug-likeness (QED) is 0.0269. The highest BCUT2D eigenvalue weighted by molar-refractivity contribution is 5.97. The Hall–Kier alpha value is -7.85. The first kappa shape index (κ1) is 62.4. The molecule has 76 heavy (non-hydrogen) atoms. The Bertz CT molecular complexity index is 2590. The zero-order valence-electron chi connectivity index (χ0n) is 40.4. The smallest absolute Gasteiger partial charge is 0.326 e. The van der Waals surface area contributed by atoms with Crippen LogP contribution in [0.25, 0.3) is 11.2 Å². The van der Waals surface area contributed by atoms with Crippen molar-refractivity contribution in [2.24, 2.45) is 0 Å². The number of aliphatic carboxylic acids is 3. The number of carboxylic acid groups (broad SMARTS) is 3. The van der Waals surface area contributed by atoms with Crippen molar-refractivity contribution < 1.29 is 99.3 Å². The Kier molecular flexibility index (Phi) is 24.6. The maximum atomic E-state index is 13.7. The maximum absolute atomic E-state index is 13.7. The third-order valence-corrected chi connectivity index (χ3v) is 11.3. The number of nitrogens with zero attached hydrogens (tertiary/aromatic N) is 3. The highest BCUT2D eigenvalue weighted by atomic mass is 16.4. The fourth-order valence-corrected chi connectivity index (χ4v) is 7.07. The molecule has 0 radical (unpaired) electrons. The molecule has 0 aliphatic carbocycles. The number of hydrogen-bond acceptors (Lipinski definition) is 23. The first-order valence-corrected chi connectivity index (χ1v) is 23.1. The van der Waals surface area contributed by atoms with E-state index in [0.29, 0.717) is 11.4 Å². The van der Waals surface area contributed by atoms with E-state index >= 15 is 0 Å². The van der Waals surface area contributed by atoms with Gasteiger partial charge in [0.05, 0.1) is 49.8 Å². The van der Waals surface area contributed by atoms with Crippen molar-refractivity contribution in [2.45, 2.75) is 132 Å². The number of aliphatic hydroxyl groups excluding tert-OH is 8. The zero-order valence-corrected chi connectivity index (χ0v) is 40.4. The maximum Gasteiger partial charge on any atom is 0.326 e. The summed E-state index contributed by atoms with van der Waals surface area (Å²) >= 11 is 0. The number of ketones is 1. The number of anilines is 2. The van der Waals surface area contributed by atoms with Crippen LogP contribution in [0.2, 0.25) is 0 Å². The second-order valence-electron chi connectivity index (χ2n) is 17.2. The van der Waals surface area contributed by atoms with Crippen molar-refractivity contribution in [1.82, 2.24) is 46.5 Å².